The van der Waals surface area contributed by atoms with Gasteiger partial charge >= 0.3 is 5.97 Å². The van der Waals surface area contributed by atoms with Gasteiger partial charge in [0, 0.05) is 51.9 Å². The summed E-state index contributed by atoms with van der Waals surface area (Å²) >= 11 is 0.993. The Morgan fingerprint density at radius 3 is 2.59 bits per heavy atom. The zero-order valence-corrected chi connectivity index (χ0v) is 29.5. The van der Waals surface area contributed by atoms with Crippen molar-refractivity contribution in [1.82, 2.24) is 15.2 Å². The molecule has 1 fully saturated rings. The molecule has 0 spiro atoms. The van der Waals surface area contributed by atoms with E-state index < -0.39 is 27.9 Å². The lowest BCUT2D eigenvalue weighted by Gasteiger charge is -2.35. The standard InChI is InChI=1S/C35H40N8O6S2/c36-35(37)39-13-5-8-28(34(45)46)40-33(44)32-27(11-19-50-32)41-51(47,48)29-21-25(20-23-10-18-49-31(23)29)26-7-2-1-6-24(26)22-42-14-16-43(17-15-42)30-9-3-4-12-38-30/h1-4,6-7,9,11-12,19-21,28,41H,5,8,10,13-18,22H2,(H,40,44)(H,45,46)(H4,36,37,39)/t28-/m0/s1. The third-order valence-corrected chi connectivity index (χ3v) is 11.1. The van der Waals surface area contributed by atoms with Crippen molar-refractivity contribution >= 4 is 50.7 Å². The van der Waals surface area contributed by atoms with Crippen molar-refractivity contribution < 1.29 is 27.9 Å². The molecule has 2 aliphatic rings. The number of nitrogens with one attached hydrogen (secondary N) is 2. The number of nitrogens with two attached hydrogens (primary N) is 2. The summed E-state index contributed by atoms with van der Waals surface area (Å²) in [7, 11) is -4.26. The van der Waals surface area contributed by atoms with Gasteiger partial charge in [-0.05, 0) is 70.8 Å². The van der Waals surface area contributed by atoms with Gasteiger partial charge in [-0.3, -0.25) is 19.4 Å². The number of hydrogen-bond acceptors (Lipinski definition) is 10. The number of carboxylic acids is 1. The highest BCUT2D eigenvalue weighted by Gasteiger charge is 2.30. The quantitative estimate of drug-likeness (QED) is 0.0724. The van der Waals surface area contributed by atoms with Crippen LogP contribution in [0, 0.1) is 0 Å². The number of pyridine rings is 1. The zero-order chi connectivity index (χ0) is 36.0. The average Bonchev–Trinajstić information content (AvgIpc) is 3.79. The molecular weight excluding hydrogens is 693 g/mol. The first-order valence-corrected chi connectivity index (χ1v) is 18.9. The van der Waals surface area contributed by atoms with Gasteiger partial charge in [0.2, 0.25) is 0 Å². The number of hydrogen-bond donors (Lipinski definition) is 5. The number of amides is 1. The summed E-state index contributed by atoms with van der Waals surface area (Å²) in [6, 6.07) is 17.8. The van der Waals surface area contributed by atoms with Crippen LogP contribution in [-0.2, 0) is 27.8 Å². The molecule has 1 saturated heterocycles. The smallest absolute Gasteiger partial charge is 0.326 e. The fraction of sp³-hybridized carbons (Fsp3) is 0.314. The number of fused-ring (bicyclic) bond motifs is 1. The van der Waals surface area contributed by atoms with Gasteiger partial charge in [0.25, 0.3) is 15.9 Å². The number of anilines is 2. The van der Waals surface area contributed by atoms with Crippen LogP contribution in [0.1, 0.15) is 33.6 Å². The van der Waals surface area contributed by atoms with Gasteiger partial charge in [0.1, 0.15) is 27.4 Å². The summed E-state index contributed by atoms with van der Waals surface area (Å²) in [5.74, 6) is -0.817. The Morgan fingerprint density at radius 2 is 1.84 bits per heavy atom. The number of benzene rings is 2. The van der Waals surface area contributed by atoms with Crippen LogP contribution in [0.25, 0.3) is 11.1 Å². The van der Waals surface area contributed by atoms with E-state index in [0.29, 0.717) is 26.0 Å². The van der Waals surface area contributed by atoms with E-state index in [2.05, 4.69) is 35.9 Å². The molecular formula is C35H40N8O6S2. The summed E-state index contributed by atoms with van der Waals surface area (Å²) in [5.41, 5.74) is 14.2. The van der Waals surface area contributed by atoms with Gasteiger partial charge < -0.3 is 31.5 Å². The number of thiophene rings is 1. The number of aromatic nitrogens is 1. The van der Waals surface area contributed by atoms with Gasteiger partial charge in [0.15, 0.2) is 5.96 Å². The molecule has 2 aliphatic heterocycles. The lowest BCUT2D eigenvalue weighted by Crippen LogP contribution is -2.46. The van der Waals surface area contributed by atoms with Crippen LogP contribution in [0.15, 0.2) is 82.1 Å². The summed E-state index contributed by atoms with van der Waals surface area (Å²) in [6.45, 7) is 4.65. The second-order valence-corrected chi connectivity index (χ2v) is 14.8. The van der Waals surface area contributed by atoms with Crippen molar-refractivity contribution in [3.63, 3.8) is 0 Å². The predicted octanol–water partition coefficient (Wildman–Crippen LogP) is 3.10. The summed E-state index contributed by atoms with van der Waals surface area (Å²) < 4.78 is 36.5. The van der Waals surface area contributed by atoms with E-state index in [1.165, 1.54) is 6.07 Å². The third kappa shape index (κ3) is 8.58. The maximum atomic E-state index is 14.1. The number of aliphatic imine (C=N–C) groups is 1. The maximum absolute atomic E-state index is 14.1. The van der Waals surface area contributed by atoms with Crippen molar-refractivity contribution in [3.8, 4) is 16.9 Å². The van der Waals surface area contributed by atoms with E-state index in [9.17, 15) is 23.1 Å². The van der Waals surface area contributed by atoms with E-state index in [-0.39, 0.29) is 40.1 Å². The van der Waals surface area contributed by atoms with Crippen LogP contribution >= 0.6 is 11.3 Å². The van der Waals surface area contributed by atoms with Crippen LogP contribution in [-0.4, -0.2) is 86.6 Å². The van der Waals surface area contributed by atoms with Crippen LogP contribution in [0.3, 0.4) is 0 Å². The van der Waals surface area contributed by atoms with Crippen LogP contribution < -0.4 is 31.1 Å². The average molecular weight is 733 g/mol. The van der Waals surface area contributed by atoms with Crippen molar-refractivity contribution in [2.24, 2.45) is 16.5 Å². The predicted molar refractivity (Wildman–Crippen MR) is 197 cm³/mol. The Hall–Kier alpha value is -5.19. The minimum absolute atomic E-state index is 0.0243. The third-order valence-electron chi connectivity index (χ3n) is 8.77. The minimum atomic E-state index is -4.26. The Bertz CT molecular complexity index is 2010. The second-order valence-electron chi connectivity index (χ2n) is 12.3. The molecule has 7 N–H and O–H groups in total. The number of aliphatic carboxylic acids is 1. The molecule has 2 aromatic heterocycles. The maximum Gasteiger partial charge on any atom is 0.326 e. The normalized spacial score (nSPS) is 15.0. The molecule has 0 bridgehead atoms. The van der Waals surface area contributed by atoms with Crippen LogP contribution in [0.4, 0.5) is 11.5 Å². The number of carbonyl (C=O) groups is 2. The number of sulfonamides is 1. The molecule has 14 nitrogen and oxygen atoms in total. The van der Waals surface area contributed by atoms with Gasteiger partial charge in [-0.1, -0.05) is 30.3 Å². The van der Waals surface area contributed by atoms with E-state index in [4.69, 9.17) is 16.2 Å². The number of carboxylic acid groups (broad SMARTS) is 1. The van der Waals surface area contributed by atoms with Gasteiger partial charge in [0.05, 0.1) is 12.3 Å². The minimum Gasteiger partial charge on any atom is -0.492 e. The number of guanidine groups is 1. The van der Waals surface area contributed by atoms with Gasteiger partial charge in [-0.2, -0.15) is 0 Å². The SMILES string of the molecule is NC(N)=NCCC[C@H](NC(=O)c1sccc1NS(=O)(=O)c1cc(-c2ccccc2CN2CCN(c3ccccn3)CC2)cc2c1OCC2)C(=O)O. The van der Waals surface area contributed by atoms with E-state index in [1.54, 1.807) is 17.6 Å². The molecule has 0 aliphatic carbocycles. The lowest BCUT2D eigenvalue weighted by atomic mass is 9.97. The number of piperazine rings is 1. The lowest BCUT2D eigenvalue weighted by molar-refractivity contribution is -0.139. The van der Waals surface area contributed by atoms with E-state index >= 15 is 0 Å². The summed E-state index contributed by atoms with van der Waals surface area (Å²) in [6.07, 6.45) is 2.74. The molecule has 0 saturated carbocycles. The van der Waals surface area contributed by atoms with Crippen molar-refractivity contribution in [2.75, 3.05) is 49.0 Å². The highest BCUT2D eigenvalue weighted by atomic mass is 32.2. The molecule has 0 radical (unpaired) electrons. The first-order valence-electron chi connectivity index (χ1n) is 16.5. The second kappa shape index (κ2) is 15.8. The largest absolute Gasteiger partial charge is 0.492 e. The number of rotatable bonds is 14. The molecule has 4 aromatic rings. The van der Waals surface area contributed by atoms with E-state index in [0.717, 1.165) is 65.6 Å². The molecule has 268 valence electrons. The molecule has 51 heavy (non-hydrogen) atoms. The van der Waals surface area contributed by atoms with Crippen molar-refractivity contribution in [2.45, 2.75) is 36.7 Å². The number of ether oxygens (including phenoxy) is 1. The van der Waals surface area contributed by atoms with Crippen molar-refractivity contribution in [3.05, 3.63) is 88.2 Å². The van der Waals surface area contributed by atoms with Gasteiger partial charge in [-0.15, -0.1) is 11.3 Å². The summed E-state index contributed by atoms with van der Waals surface area (Å²) in [4.78, 5) is 38.1. The monoisotopic (exact) mass is 732 g/mol. The van der Waals surface area contributed by atoms with Crippen LogP contribution in [0.5, 0.6) is 5.75 Å². The fourth-order valence-corrected chi connectivity index (χ4v) is 8.34. The molecule has 2 aromatic carbocycles. The molecule has 1 atom stereocenters. The summed E-state index contributed by atoms with van der Waals surface area (Å²) in [5, 5.41) is 13.7. The first kappa shape index (κ1) is 35.6. The molecule has 16 heteroatoms. The Balaban J connectivity index is 1.20. The molecule has 0 unspecified atom stereocenters. The van der Waals surface area contributed by atoms with E-state index in [1.807, 2.05) is 42.5 Å². The van der Waals surface area contributed by atoms with Crippen LogP contribution in [0.2, 0.25) is 0 Å². The molecule has 1 amide bonds. The Labute approximate surface area is 300 Å². The zero-order valence-electron chi connectivity index (χ0n) is 27.8. The fourth-order valence-electron chi connectivity index (χ4n) is 6.23. The highest BCUT2D eigenvalue weighted by Crippen LogP contribution is 2.39. The number of nitrogens with zero attached hydrogens (tertiary/aromatic N) is 4. The molecule has 6 rings (SSSR count). The van der Waals surface area contributed by atoms with Gasteiger partial charge in [-0.25, -0.2) is 18.2 Å². The Morgan fingerprint density at radius 1 is 1.06 bits per heavy atom. The van der Waals surface area contributed by atoms with Crippen molar-refractivity contribution in [1.29, 1.82) is 0 Å². The molecule has 4 heterocycles. The Kier molecular flexibility index (Phi) is 11.0. The highest BCUT2D eigenvalue weighted by molar-refractivity contribution is 7.92. The number of carbonyl (C=O) groups excluding carboxylic acids is 1. The topological polar surface area (TPSA) is 206 Å². The first-order chi connectivity index (χ1) is 24.6.